The Labute approximate surface area is 238 Å². The predicted molar refractivity (Wildman–Crippen MR) is 172 cm³/mol. The summed E-state index contributed by atoms with van der Waals surface area (Å²) in [7, 11) is 0. The highest BCUT2D eigenvalue weighted by Gasteiger charge is 2.14. The average molecular weight is 526 g/mol. The Morgan fingerprint density at radius 3 is 2.07 bits per heavy atom. The number of aryl methyl sites for hydroxylation is 1. The summed E-state index contributed by atoms with van der Waals surface area (Å²) >= 11 is 0. The van der Waals surface area contributed by atoms with Crippen molar-refractivity contribution in [1.29, 1.82) is 0 Å². The fraction of sp³-hybridized carbons (Fsp3) is 0.0526. The lowest BCUT2D eigenvalue weighted by atomic mass is 9.94. The molecule has 2 aromatic heterocycles. The first kappa shape index (κ1) is 23.6. The maximum absolute atomic E-state index is 5.17. The molecular weight excluding hydrogens is 498 g/mol. The molecule has 0 radical (unpaired) electrons. The van der Waals surface area contributed by atoms with Gasteiger partial charge in [-0.3, -0.25) is 0 Å². The fourth-order valence-electron chi connectivity index (χ4n) is 6.22. The number of fused-ring (bicyclic) bond motifs is 6. The van der Waals surface area contributed by atoms with Crippen LogP contribution in [0, 0.1) is 0 Å². The van der Waals surface area contributed by atoms with Crippen LogP contribution in [-0.4, -0.2) is 14.5 Å². The predicted octanol–water partition coefficient (Wildman–Crippen LogP) is 9.91. The summed E-state index contributed by atoms with van der Waals surface area (Å²) in [6, 6.07) is 47.4. The van der Waals surface area contributed by atoms with E-state index in [4.69, 9.17) is 9.97 Å². The summed E-state index contributed by atoms with van der Waals surface area (Å²) in [5.41, 5.74) is 8.81. The van der Waals surface area contributed by atoms with Crippen molar-refractivity contribution in [2.24, 2.45) is 0 Å². The maximum atomic E-state index is 5.17. The largest absolute Gasteiger partial charge is 0.324 e. The molecule has 0 aliphatic rings. The van der Waals surface area contributed by atoms with Crippen molar-refractivity contribution in [2.75, 3.05) is 0 Å². The zero-order valence-electron chi connectivity index (χ0n) is 22.8. The van der Waals surface area contributed by atoms with Crippen LogP contribution >= 0.6 is 0 Å². The standard InChI is InChI=1S/C38H27N3/c1-2-41-35-17-8-7-16-34(35)40-38(41)29-12-9-11-28(24-29)25-18-20-27(21-19-25)37-32-23-22-26-10-3-4-13-30(26)36(32)31-14-5-6-15-33(31)39-37/h3-24H,2H2,1H3. The van der Waals surface area contributed by atoms with Gasteiger partial charge in [0.1, 0.15) is 5.82 Å². The molecule has 0 aliphatic heterocycles. The van der Waals surface area contributed by atoms with E-state index in [1.54, 1.807) is 0 Å². The molecule has 8 aromatic rings. The van der Waals surface area contributed by atoms with Gasteiger partial charge in [-0.1, -0.05) is 109 Å². The number of hydrogen-bond acceptors (Lipinski definition) is 2. The quantitative estimate of drug-likeness (QED) is 0.214. The van der Waals surface area contributed by atoms with Gasteiger partial charge in [-0.25, -0.2) is 9.97 Å². The summed E-state index contributed by atoms with van der Waals surface area (Å²) in [5.74, 6) is 1.01. The zero-order chi connectivity index (χ0) is 27.3. The number of pyridine rings is 1. The Morgan fingerprint density at radius 1 is 0.512 bits per heavy atom. The Kier molecular flexibility index (Phi) is 5.42. The van der Waals surface area contributed by atoms with E-state index in [9.17, 15) is 0 Å². The second-order valence-corrected chi connectivity index (χ2v) is 10.5. The number of hydrogen-bond donors (Lipinski definition) is 0. The first-order valence-corrected chi connectivity index (χ1v) is 14.2. The van der Waals surface area contributed by atoms with Gasteiger partial charge < -0.3 is 4.57 Å². The van der Waals surface area contributed by atoms with Crippen molar-refractivity contribution < 1.29 is 0 Å². The van der Waals surface area contributed by atoms with Gasteiger partial charge in [-0.2, -0.15) is 0 Å². The minimum Gasteiger partial charge on any atom is -0.324 e. The molecule has 0 amide bonds. The number of para-hydroxylation sites is 3. The minimum absolute atomic E-state index is 0.872. The average Bonchev–Trinajstić information content (AvgIpc) is 3.43. The van der Waals surface area contributed by atoms with Crippen LogP contribution in [0.15, 0.2) is 133 Å². The van der Waals surface area contributed by atoms with E-state index in [-0.39, 0.29) is 0 Å². The van der Waals surface area contributed by atoms with Gasteiger partial charge in [0.15, 0.2) is 0 Å². The molecule has 0 atom stereocenters. The smallest absolute Gasteiger partial charge is 0.141 e. The third-order valence-electron chi connectivity index (χ3n) is 8.17. The first-order chi connectivity index (χ1) is 20.3. The summed E-state index contributed by atoms with van der Waals surface area (Å²) in [5, 5.41) is 6.13. The highest BCUT2D eigenvalue weighted by Crippen LogP contribution is 2.37. The minimum atomic E-state index is 0.872. The number of benzene rings is 6. The highest BCUT2D eigenvalue weighted by atomic mass is 15.1. The number of rotatable bonds is 4. The Morgan fingerprint density at radius 2 is 1.22 bits per heavy atom. The van der Waals surface area contributed by atoms with Crippen LogP contribution in [0.4, 0.5) is 0 Å². The molecule has 0 fully saturated rings. The summed E-state index contributed by atoms with van der Waals surface area (Å²) in [6.45, 7) is 3.05. The van der Waals surface area contributed by atoms with Gasteiger partial charge >= 0.3 is 0 Å². The topological polar surface area (TPSA) is 30.7 Å². The summed E-state index contributed by atoms with van der Waals surface area (Å²) in [4.78, 5) is 10.1. The highest BCUT2D eigenvalue weighted by molar-refractivity contribution is 6.22. The van der Waals surface area contributed by atoms with Crippen LogP contribution < -0.4 is 0 Å². The molecule has 41 heavy (non-hydrogen) atoms. The monoisotopic (exact) mass is 525 g/mol. The van der Waals surface area contributed by atoms with Gasteiger partial charge in [-0.05, 0) is 53.1 Å². The van der Waals surface area contributed by atoms with Crippen LogP contribution in [0.1, 0.15) is 6.92 Å². The Hall–Kier alpha value is -5.28. The van der Waals surface area contributed by atoms with E-state index in [1.807, 2.05) is 6.07 Å². The molecule has 0 spiro atoms. The number of imidazole rings is 1. The van der Waals surface area contributed by atoms with Crippen LogP contribution in [0.25, 0.3) is 77.3 Å². The van der Waals surface area contributed by atoms with Crippen LogP contribution in [0.5, 0.6) is 0 Å². The molecule has 2 heterocycles. The molecule has 0 saturated heterocycles. The molecule has 6 aromatic carbocycles. The van der Waals surface area contributed by atoms with Gasteiger partial charge in [0, 0.05) is 33.8 Å². The lowest BCUT2D eigenvalue weighted by molar-refractivity contribution is 0.796. The van der Waals surface area contributed by atoms with Gasteiger partial charge in [0.25, 0.3) is 0 Å². The Bertz CT molecular complexity index is 2220. The molecule has 0 unspecified atom stereocenters. The van der Waals surface area contributed by atoms with Gasteiger partial charge in [0.05, 0.1) is 22.2 Å². The molecule has 3 heteroatoms. The normalized spacial score (nSPS) is 11.6. The van der Waals surface area contributed by atoms with Crippen molar-refractivity contribution in [2.45, 2.75) is 13.5 Å². The SMILES string of the molecule is CCn1c(-c2cccc(-c3ccc(-c4nc5ccccc5c5c4ccc4ccccc45)cc3)c2)nc2ccccc21. The number of aromatic nitrogens is 3. The van der Waals surface area contributed by atoms with Crippen LogP contribution in [-0.2, 0) is 6.54 Å². The van der Waals surface area contributed by atoms with Gasteiger partial charge in [-0.15, -0.1) is 0 Å². The lowest BCUT2D eigenvalue weighted by Crippen LogP contribution is -1.97. The third-order valence-corrected chi connectivity index (χ3v) is 8.17. The van der Waals surface area contributed by atoms with E-state index in [1.165, 1.54) is 43.6 Å². The van der Waals surface area contributed by atoms with E-state index < -0.39 is 0 Å². The van der Waals surface area contributed by atoms with E-state index in [0.29, 0.717) is 0 Å². The number of nitrogens with zero attached hydrogens (tertiary/aromatic N) is 3. The molecule has 0 saturated carbocycles. The fourth-order valence-corrected chi connectivity index (χ4v) is 6.22. The van der Waals surface area contributed by atoms with Crippen molar-refractivity contribution in [3.63, 3.8) is 0 Å². The lowest BCUT2D eigenvalue weighted by Gasteiger charge is -2.13. The van der Waals surface area contributed by atoms with Gasteiger partial charge in [0.2, 0.25) is 0 Å². The van der Waals surface area contributed by atoms with Crippen molar-refractivity contribution in [1.82, 2.24) is 14.5 Å². The van der Waals surface area contributed by atoms with Crippen LogP contribution in [0.3, 0.4) is 0 Å². The zero-order valence-corrected chi connectivity index (χ0v) is 22.8. The van der Waals surface area contributed by atoms with Crippen molar-refractivity contribution in [3.05, 3.63) is 133 Å². The first-order valence-electron chi connectivity index (χ1n) is 14.2. The van der Waals surface area contributed by atoms with E-state index >= 15 is 0 Å². The maximum Gasteiger partial charge on any atom is 0.141 e. The molecule has 0 aliphatic carbocycles. The molecule has 0 N–H and O–H groups in total. The Balaban J connectivity index is 1.24. The third kappa shape index (κ3) is 3.81. The molecule has 8 rings (SSSR count). The second-order valence-electron chi connectivity index (χ2n) is 10.5. The summed E-state index contributed by atoms with van der Waals surface area (Å²) < 4.78 is 2.29. The molecular formula is C38H27N3. The second kappa shape index (κ2) is 9.42. The molecule has 0 bridgehead atoms. The van der Waals surface area contributed by atoms with Crippen LogP contribution in [0.2, 0.25) is 0 Å². The van der Waals surface area contributed by atoms with Crippen molar-refractivity contribution in [3.8, 4) is 33.8 Å². The van der Waals surface area contributed by atoms with E-state index in [2.05, 4.69) is 139 Å². The molecule has 194 valence electrons. The molecule has 3 nitrogen and oxygen atoms in total. The van der Waals surface area contributed by atoms with E-state index in [0.717, 1.165) is 40.2 Å². The summed E-state index contributed by atoms with van der Waals surface area (Å²) in [6.07, 6.45) is 0. The van der Waals surface area contributed by atoms with Crippen molar-refractivity contribution >= 4 is 43.5 Å².